The molecule has 8 heteroatoms. The molecule has 2 heterocycles. The first kappa shape index (κ1) is 21.9. The molecule has 30 heavy (non-hydrogen) atoms. The van der Waals surface area contributed by atoms with Gasteiger partial charge < -0.3 is 24.6 Å². The lowest BCUT2D eigenvalue weighted by atomic mass is 9.95. The van der Waals surface area contributed by atoms with Gasteiger partial charge >= 0.3 is 0 Å². The molecule has 0 aliphatic carbocycles. The molecule has 1 aromatic carbocycles. The van der Waals surface area contributed by atoms with Crippen LogP contribution in [0.4, 0.5) is 5.69 Å². The fourth-order valence-electron chi connectivity index (χ4n) is 4.16. The summed E-state index contributed by atoms with van der Waals surface area (Å²) in [7, 11) is 3.11. The number of hydrogen-bond donors (Lipinski definition) is 1. The van der Waals surface area contributed by atoms with E-state index in [0.717, 1.165) is 19.3 Å². The van der Waals surface area contributed by atoms with Crippen LogP contribution in [0.3, 0.4) is 0 Å². The predicted octanol–water partition coefficient (Wildman–Crippen LogP) is 1.82. The zero-order valence-corrected chi connectivity index (χ0v) is 18.0. The van der Waals surface area contributed by atoms with Crippen LogP contribution < -0.4 is 19.7 Å². The molecule has 2 saturated heterocycles. The largest absolute Gasteiger partial charge is 0.497 e. The molecule has 0 bridgehead atoms. The summed E-state index contributed by atoms with van der Waals surface area (Å²) in [6, 6.07) is 5.27. The van der Waals surface area contributed by atoms with E-state index in [2.05, 4.69) is 5.32 Å². The monoisotopic (exact) mass is 417 g/mol. The molecule has 2 aliphatic rings. The molecule has 3 amide bonds. The van der Waals surface area contributed by atoms with Gasteiger partial charge in [0.15, 0.2) is 0 Å². The zero-order chi connectivity index (χ0) is 21.7. The van der Waals surface area contributed by atoms with Crippen LogP contribution in [0.25, 0.3) is 0 Å². The number of anilines is 1. The second-order valence-corrected chi connectivity index (χ2v) is 7.86. The molecule has 8 nitrogen and oxygen atoms in total. The molecule has 3 rings (SSSR count). The lowest BCUT2D eigenvalue weighted by Gasteiger charge is -2.33. The number of methoxy groups -OCH3 is 2. The normalized spacial score (nSPS) is 21.5. The number of piperidine rings is 1. The molecule has 0 spiro atoms. The van der Waals surface area contributed by atoms with Crippen molar-refractivity contribution in [2.75, 3.05) is 45.3 Å². The quantitative estimate of drug-likeness (QED) is 0.731. The first-order chi connectivity index (χ1) is 14.5. The third-order valence-corrected chi connectivity index (χ3v) is 5.80. The summed E-state index contributed by atoms with van der Waals surface area (Å²) < 4.78 is 10.7. The van der Waals surface area contributed by atoms with Crippen LogP contribution in [-0.4, -0.2) is 63.0 Å². The predicted molar refractivity (Wildman–Crippen MR) is 113 cm³/mol. The lowest BCUT2D eigenvalue weighted by Crippen LogP contribution is -2.47. The van der Waals surface area contributed by atoms with Crippen molar-refractivity contribution in [2.45, 2.75) is 32.6 Å². The third kappa shape index (κ3) is 4.68. The van der Waals surface area contributed by atoms with Gasteiger partial charge in [0.05, 0.1) is 31.7 Å². The van der Waals surface area contributed by atoms with E-state index in [0.29, 0.717) is 43.4 Å². The Morgan fingerprint density at radius 3 is 2.67 bits per heavy atom. The zero-order valence-electron chi connectivity index (χ0n) is 18.0. The van der Waals surface area contributed by atoms with Crippen molar-refractivity contribution in [3.63, 3.8) is 0 Å². The van der Waals surface area contributed by atoms with Crippen molar-refractivity contribution in [3.05, 3.63) is 18.2 Å². The van der Waals surface area contributed by atoms with Crippen molar-refractivity contribution in [1.29, 1.82) is 0 Å². The molecule has 2 fully saturated rings. The van der Waals surface area contributed by atoms with Gasteiger partial charge in [0.2, 0.25) is 17.7 Å². The van der Waals surface area contributed by atoms with Crippen LogP contribution >= 0.6 is 0 Å². The standard InChI is InChI=1S/C22H31N3O5/c1-4-9-23-21(27)15-6-5-10-24(13-15)22(28)16-11-20(26)25(14-16)18-12-17(29-2)7-8-19(18)30-3/h7-8,12,15-16H,4-6,9-11,13-14H2,1-3H3,(H,23,27). The van der Waals surface area contributed by atoms with E-state index in [-0.39, 0.29) is 30.1 Å². The fraction of sp³-hybridized carbons (Fsp3) is 0.591. The fourth-order valence-corrected chi connectivity index (χ4v) is 4.16. The summed E-state index contributed by atoms with van der Waals surface area (Å²) in [5.41, 5.74) is 0.604. The number of carbonyl (C=O) groups is 3. The lowest BCUT2D eigenvalue weighted by molar-refractivity contribution is -0.139. The SMILES string of the molecule is CCCNC(=O)C1CCCN(C(=O)C2CC(=O)N(c3cc(OC)ccc3OC)C2)C1. The van der Waals surface area contributed by atoms with E-state index in [9.17, 15) is 14.4 Å². The van der Waals surface area contributed by atoms with Gasteiger partial charge in [0.25, 0.3) is 0 Å². The van der Waals surface area contributed by atoms with Crippen LogP contribution in [0.1, 0.15) is 32.6 Å². The van der Waals surface area contributed by atoms with Crippen LogP contribution in [0.15, 0.2) is 18.2 Å². The molecular formula is C22H31N3O5. The molecule has 2 unspecified atom stereocenters. The number of carbonyl (C=O) groups excluding carboxylic acids is 3. The van der Waals surface area contributed by atoms with Crippen LogP contribution in [0.5, 0.6) is 11.5 Å². The molecule has 164 valence electrons. The van der Waals surface area contributed by atoms with Gasteiger partial charge in [0.1, 0.15) is 11.5 Å². The Bertz CT molecular complexity index is 797. The Balaban J connectivity index is 1.69. The maximum absolute atomic E-state index is 13.1. The third-order valence-electron chi connectivity index (χ3n) is 5.80. The van der Waals surface area contributed by atoms with Crippen LogP contribution in [0, 0.1) is 11.8 Å². The first-order valence-corrected chi connectivity index (χ1v) is 10.6. The molecule has 0 aromatic heterocycles. The number of rotatable bonds is 7. The van der Waals surface area contributed by atoms with Gasteiger partial charge in [-0.25, -0.2) is 0 Å². The summed E-state index contributed by atoms with van der Waals surface area (Å²) in [5.74, 6) is 0.412. The van der Waals surface area contributed by atoms with Crippen molar-refractivity contribution in [1.82, 2.24) is 10.2 Å². The Morgan fingerprint density at radius 2 is 1.97 bits per heavy atom. The second-order valence-electron chi connectivity index (χ2n) is 7.86. The van der Waals surface area contributed by atoms with Crippen LogP contribution in [-0.2, 0) is 14.4 Å². The van der Waals surface area contributed by atoms with Gasteiger partial charge in [-0.3, -0.25) is 14.4 Å². The number of benzene rings is 1. The van der Waals surface area contributed by atoms with Gasteiger partial charge in [0, 0.05) is 38.7 Å². The van der Waals surface area contributed by atoms with E-state index >= 15 is 0 Å². The summed E-state index contributed by atoms with van der Waals surface area (Å²) >= 11 is 0. The molecular weight excluding hydrogens is 386 g/mol. The summed E-state index contributed by atoms with van der Waals surface area (Å²) in [4.78, 5) is 41.5. The maximum atomic E-state index is 13.1. The smallest absolute Gasteiger partial charge is 0.228 e. The van der Waals surface area contributed by atoms with Gasteiger partial charge in [-0.1, -0.05) is 6.92 Å². The maximum Gasteiger partial charge on any atom is 0.228 e. The van der Waals surface area contributed by atoms with Gasteiger partial charge in [-0.15, -0.1) is 0 Å². The highest BCUT2D eigenvalue weighted by atomic mass is 16.5. The van der Waals surface area contributed by atoms with Crippen molar-refractivity contribution < 1.29 is 23.9 Å². The molecule has 2 aliphatic heterocycles. The molecule has 1 N–H and O–H groups in total. The summed E-state index contributed by atoms with van der Waals surface area (Å²) in [6.07, 6.45) is 2.62. The average molecular weight is 418 g/mol. The van der Waals surface area contributed by atoms with Crippen molar-refractivity contribution >= 4 is 23.4 Å². The first-order valence-electron chi connectivity index (χ1n) is 10.6. The van der Waals surface area contributed by atoms with E-state index in [1.165, 1.54) is 0 Å². The number of amides is 3. The van der Waals surface area contributed by atoms with Gasteiger partial charge in [-0.2, -0.15) is 0 Å². The number of hydrogen-bond acceptors (Lipinski definition) is 5. The average Bonchev–Trinajstić information content (AvgIpc) is 3.17. The topological polar surface area (TPSA) is 88.2 Å². The Morgan fingerprint density at radius 1 is 1.17 bits per heavy atom. The number of nitrogens with zero attached hydrogens (tertiary/aromatic N) is 2. The molecule has 1 aromatic rings. The summed E-state index contributed by atoms with van der Waals surface area (Å²) in [5, 5.41) is 2.93. The number of nitrogens with one attached hydrogen (secondary N) is 1. The molecule has 2 atom stereocenters. The van der Waals surface area contributed by atoms with Crippen molar-refractivity contribution in [3.8, 4) is 11.5 Å². The second kappa shape index (κ2) is 9.82. The minimum atomic E-state index is -0.425. The van der Waals surface area contributed by atoms with Crippen LogP contribution in [0.2, 0.25) is 0 Å². The van der Waals surface area contributed by atoms with E-state index in [1.54, 1.807) is 42.2 Å². The molecule has 0 radical (unpaired) electrons. The minimum Gasteiger partial charge on any atom is -0.497 e. The molecule has 0 saturated carbocycles. The highest BCUT2D eigenvalue weighted by molar-refractivity contribution is 6.01. The highest BCUT2D eigenvalue weighted by Crippen LogP contribution is 2.36. The Kier molecular flexibility index (Phi) is 7.18. The summed E-state index contributed by atoms with van der Waals surface area (Å²) in [6.45, 7) is 4.00. The van der Waals surface area contributed by atoms with Gasteiger partial charge in [-0.05, 0) is 31.4 Å². The number of ether oxygens (including phenoxy) is 2. The highest BCUT2D eigenvalue weighted by Gasteiger charge is 2.40. The Labute approximate surface area is 177 Å². The number of likely N-dealkylation sites (tertiary alicyclic amines) is 1. The van der Waals surface area contributed by atoms with E-state index in [1.807, 2.05) is 6.92 Å². The Hall–Kier alpha value is -2.77. The minimum absolute atomic E-state index is 0.0135. The van der Waals surface area contributed by atoms with E-state index < -0.39 is 5.92 Å². The van der Waals surface area contributed by atoms with Crippen molar-refractivity contribution in [2.24, 2.45) is 11.8 Å². The van der Waals surface area contributed by atoms with E-state index in [4.69, 9.17) is 9.47 Å².